The summed E-state index contributed by atoms with van der Waals surface area (Å²) in [6.07, 6.45) is 5.23. The highest BCUT2D eigenvalue weighted by Gasteiger charge is 2.37. The van der Waals surface area contributed by atoms with Crippen molar-refractivity contribution in [2.75, 3.05) is 31.7 Å². The largest absolute Gasteiger partial charge is 0.380 e. The second-order valence-corrected chi connectivity index (χ2v) is 9.09. The lowest BCUT2D eigenvalue weighted by Gasteiger charge is -2.39. The van der Waals surface area contributed by atoms with E-state index in [1.54, 1.807) is 7.11 Å². The fourth-order valence-corrected chi connectivity index (χ4v) is 5.73. The zero-order chi connectivity index (χ0) is 17.9. The Hall–Kier alpha value is -1.04. The smallest absolute Gasteiger partial charge is 0.225 e. The van der Waals surface area contributed by atoms with Gasteiger partial charge in [0.25, 0.3) is 0 Å². The van der Waals surface area contributed by atoms with Crippen LogP contribution in [0.1, 0.15) is 30.4 Å². The van der Waals surface area contributed by atoms with Crippen LogP contribution in [0.2, 0.25) is 0 Å². The van der Waals surface area contributed by atoms with Crippen molar-refractivity contribution in [3.63, 3.8) is 0 Å². The number of benzene rings is 1. The maximum absolute atomic E-state index is 12.9. The van der Waals surface area contributed by atoms with E-state index in [1.165, 1.54) is 11.1 Å². The van der Waals surface area contributed by atoms with Gasteiger partial charge in [-0.2, -0.15) is 11.8 Å². The standard InChI is InChI=1S/C21H30N2O2S/c1-25-20-14-17(21(24)23-8-10-26-11-9-23)6-7-19(20)22-18-12-15-4-2-3-5-16(15)13-18/h2-5,17-20,22H,6-14H2,1H3/t17-,19-,20-/m0/s1. The van der Waals surface area contributed by atoms with E-state index in [1.807, 2.05) is 11.8 Å². The second kappa shape index (κ2) is 8.32. The fourth-order valence-electron chi connectivity index (χ4n) is 4.83. The number of amides is 1. The Morgan fingerprint density at radius 2 is 1.85 bits per heavy atom. The minimum absolute atomic E-state index is 0.139. The molecule has 4 nitrogen and oxygen atoms in total. The number of methoxy groups -OCH3 is 1. The minimum atomic E-state index is 0.139. The van der Waals surface area contributed by atoms with Crippen molar-refractivity contribution in [1.82, 2.24) is 10.2 Å². The zero-order valence-electron chi connectivity index (χ0n) is 15.7. The van der Waals surface area contributed by atoms with Crippen LogP contribution in [0.4, 0.5) is 0 Å². The molecule has 1 heterocycles. The van der Waals surface area contributed by atoms with Gasteiger partial charge >= 0.3 is 0 Å². The molecule has 1 saturated heterocycles. The number of carbonyl (C=O) groups is 1. The highest BCUT2D eigenvalue weighted by Crippen LogP contribution is 2.30. The van der Waals surface area contributed by atoms with Gasteiger partial charge in [-0.05, 0) is 43.2 Å². The van der Waals surface area contributed by atoms with Gasteiger partial charge in [0.1, 0.15) is 0 Å². The molecule has 3 atom stereocenters. The molecular formula is C21H30N2O2S. The van der Waals surface area contributed by atoms with Crippen molar-refractivity contribution in [2.45, 2.75) is 50.3 Å². The van der Waals surface area contributed by atoms with E-state index in [2.05, 4.69) is 34.5 Å². The molecule has 0 aromatic heterocycles. The Morgan fingerprint density at radius 3 is 2.50 bits per heavy atom. The van der Waals surface area contributed by atoms with Gasteiger partial charge in [-0.1, -0.05) is 24.3 Å². The van der Waals surface area contributed by atoms with Gasteiger partial charge in [0.2, 0.25) is 5.91 Å². The summed E-state index contributed by atoms with van der Waals surface area (Å²) in [5.74, 6) is 2.66. The first kappa shape index (κ1) is 18.3. The summed E-state index contributed by atoms with van der Waals surface area (Å²) in [5, 5.41) is 3.85. The first-order valence-electron chi connectivity index (χ1n) is 9.96. The Kier molecular flexibility index (Phi) is 5.87. The molecule has 1 aromatic carbocycles. The van der Waals surface area contributed by atoms with E-state index in [-0.39, 0.29) is 12.0 Å². The molecule has 1 aliphatic heterocycles. The molecule has 0 spiro atoms. The molecule has 1 N–H and O–H groups in total. The average Bonchev–Trinajstić information content (AvgIpc) is 3.10. The number of hydrogen-bond acceptors (Lipinski definition) is 4. The maximum Gasteiger partial charge on any atom is 0.225 e. The molecule has 2 fully saturated rings. The van der Waals surface area contributed by atoms with Crippen LogP contribution in [0.15, 0.2) is 24.3 Å². The van der Waals surface area contributed by atoms with Crippen molar-refractivity contribution in [1.29, 1.82) is 0 Å². The van der Waals surface area contributed by atoms with Gasteiger partial charge in [0.15, 0.2) is 0 Å². The molecule has 0 unspecified atom stereocenters. The predicted octanol–water partition coefficient (Wildman–Crippen LogP) is 2.50. The molecule has 1 aromatic rings. The quantitative estimate of drug-likeness (QED) is 0.879. The summed E-state index contributed by atoms with van der Waals surface area (Å²) in [6, 6.07) is 9.63. The molecule has 5 heteroatoms. The number of ether oxygens (including phenoxy) is 1. The zero-order valence-corrected chi connectivity index (χ0v) is 16.5. The van der Waals surface area contributed by atoms with Crippen molar-refractivity contribution in [3.8, 4) is 0 Å². The van der Waals surface area contributed by atoms with E-state index in [9.17, 15) is 4.79 Å². The van der Waals surface area contributed by atoms with Crippen LogP contribution < -0.4 is 5.32 Å². The lowest BCUT2D eigenvalue weighted by atomic mass is 9.82. The molecule has 26 heavy (non-hydrogen) atoms. The normalized spacial score (nSPS) is 29.6. The molecule has 4 rings (SSSR count). The molecule has 1 saturated carbocycles. The Morgan fingerprint density at radius 1 is 1.15 bits per heavy atom. The number of thioether (sulfide) groups is 1. The summed E-state index contributed by atoms with van der Waals surface area (Å²) in [5.41, 5.74) is 2.96. The maximum atomic E-state index is 12.9. The van der Waals surface area contributed by atoms with Crippen LogP contribution in [0.25, 0.3) is 0 Å². The third kappa shape index (κ3) is 3.95. The summed E-state index contributed by atoms with van der Waals surface area (Å²) in [6.45, 7) is 1.83. The van der Waals surface area contributed by atoms with Crippen molar-refractivity contribution < 1.29 is 9.53 Å². The van der Waals surface area contributed by atoms with Gasteiger partial charge in [-0.15, -0.1) is 0 Å². The average molecular weight is 375 g/mol. The summed E-state index contributed by atoms with van der Waals surface area (Å²) in [4.78, 5) is 14.9. The SMILES string of the molecule is CO[C@H]1C[C@@H](C(=O)N2CCSCC2)CC[C@@H]1NC1Cc2ccccc2C1. The Bertz CT molecular complexity index is 607. The van der Waals surface area contributed by atoms with Crippen molar-refractivity contribution in [2.24, 2.45) is 5.92 Å². The second-order valence-electron chi connectivity index (χ2n) is 7.87. The number of nitrogens with zero attached hydrogens (tertiary/aromatic N) is 1. The summed E-state index contributed by atoms with van der Waals surface area (Å²) < 4.78 is 5.82. The van der Waals surface area contributed by atoms with E-state index >= 15 is 0 Å². The lowest BCUT2D eigenvalue weighted by Crippen LogP contribution is -2.52. The molecule has 1 amide bonds. The third-order valence-corrected chi connectivity index (χ3v) is 7.21. The first-order chi connectivity index (χ1) is 12.7. The molecule has 3 aliphatic rings. The van der Waals surface area contributed by atoms with Gasteiger partial charge < -0.3 is 15.0 Å². The van der Waals surface area contributed by atoms with Crippen molar-refractivity contribution in [3.05, 3.63) is 35.4 Å². The van der Waals surface area contributed by atoms with Crippen LogP contribution in [-0.2, 0) is 22.4 Å². The highest BCUT2D eigenvalue weighted by atomic mass is 32.2. The molecular weight excluding hydrogens is 344 g/mol. The van der Waals surface area contributed by atoms with E-state index in [0.29, 0.717) is 18.0 Å². The fraction of sp³-hybridized carbons (Fsp3) is 0.667. The highest BCUT2D eigenvalue weighted by molar-refractivity contribution is 7.99. The minimum Gasteiger partial charge on any atom is -0.380 e. The van der Waals surface area contributed by atoms with E-state index in [4.69, 9.17) is 4.74 Å². The summed E-state index contributed by atoms with van der Waals surface area (Å²) in [7, 11) is 1.80. The van der Waals surface area contributed by atoms with Crippen LogP contribution >= 0.6 is 11.8 Å². The number of hydrogen-bond donors (Lipinski definition) is 1. The van der Waals surface area contributed by atoms with Crippen molar-refractivity contribution >= 4 is 17.7 Å². The van der Waals surface area contributed by atoms with Gasteiger partial charge in [-0.3, -0.25) is 4.79 Å². The molecule has 142 valence electrons. The number of rotatable bonds is 4. The summed E-state index contributed by atoms with van der Waals surface area (Å²) >= 11 is 1.95. The number of carbonyl (C=O) groups excluding carboxylic acids is 1. The topological polar surface area (TPSA) is 41.6 Å². The predicted molar refractivity (Wildman–Crippen MR) is 107 cm³/mol. The van der Waals surface area contributed by atoms with Crippen LogP contribution in [0, 0.1) is 5.92 Å². The van der Waals surface area contributed by atoms with Gasteiger partial charge in [0, 0.05) is 49.7 Å². The molecule has 0 bridgehead atoms. The van der Waals surface area contributed by atoms with E-state index < -0.39 is 0 Å². The number of fused-ring (bicyclic) bond motifs is 1. The van der Waals surface area contributed by atoms with E-state index in [0.717, 1.165) is 56.7 Å². The number of nitrogens with one attached hydrogen (secondary N) is 1. The third-order valence-electron chi connectivity index (χ3n) is 6.27. The molecule has 2 aliphatic carbocycles. The van der Waals surface area contributed by atoms with Crippen LogP contribution in [-0.4, -0.2) is 60.7 Å². The van der Waals surface area contributed by atoms with Crippen LogP contribution in [0.3, 0.4) is 0 Å². The monoisotopic (exact) mass is 374 g/mol. The lowest BCUT2D eigenvalue weighted by molar-refractivity contribution is -0.138. The van der Waals surface area contributed by atoms with Gasteiger partial charge in [-0.25, -0.2) is 0 Å². The Labute approximate surface area is 161 Å². The Balaban J connectivity index is 1.33. The first-order valence-corrected chi connectivity index (χ1v) is 11.1. The van der Waals surface area contributed by atoms with Crippen LogP contribution in [0.5, 0.6) is 0 Å². The van der Waals surface area contributed by atoms with Gasteiger partial charge in [0.05, 0.1) is 6.10 Å². The molecule has 0 radical (unpaired) electrons.